The van der Waals surface area contributed by atoms with Gasteiger partial charge in [0.2, 0.25) is 0 Å². The van der Waals surface area contributed by atoms with Gasteiger partial charge in [0.05, 0.1) is 0 Å². The summed E-state index contributed by atoms with van der Waals surface area (Å²) in [6.45, 7) is 0.516. The highest BCUT2D eigenvalue weighted by Gasteiger charge is 2.08. The summed E-state index contributed by atoms with van der Waals surface area (Å²) in [6.07, 6.45) is 3.14. The Morgan fingerprint density at radius 2 is 2.06 bits per heavy atom. The number of rotatable bonds is 3. The molecule has 3 aromatic rings. The summed E-state index contributed by atoms with van der Waals surface area (Å²) in [4.78, 5) is 3.91. The summed E-state index contributed by atoms with van der Waals surface area (Å²) < 4.78 is 4.15. The summed E-state index contributed by atoms with van der Waals surface area (Å²) in [5.74, 6) is 0.789. The van der Waals surface area contributed by atoms with Gasteiger partial charge in [-0.05, 0) is 24.4 Å². The van der Waals surface area contributed by atoms with Gasteiger partial charge in [-0.2, -0.15) is 10.2 Å². The Hall–Kier alpha value is -2.28. The van der Waals surface area contributed by atoms with Crippen LogP contribution in [0.4, 0.5) is 0 Å². The standard InChI is InChI=1S/C11H10N6S/c18-11-15-14-10(6-16-8-12-7-13-16)17(11)9-4-2-1-3-5-9/h1-5,7-8H,6H2,(H,15,18). The largest absolute Gasteiger partial charge is 0.271 e. The molecule has 2 heterocycles. The number of hydrogen-bond acceptors (Lipinski definition) is 4. The van der Waals surface area contributed by atoms with Crippen molar-refractivity contribution in [3.05, 3.63) is 53.6 Å². The summed E-state index contributed by atoms with van der Waals surface area (Å²) in [6, 6.07) is 9.85. The molecule has 0 spiro atoms. The lowest BCUT2D eigenvalue weighted by Crippen LogP contribution is -2.08. The van der Waals surface area contributed by atoms with Gasteiger partial charge in [-0.1, -0.05) is 18.2 Å². The van der Waals surface area contributed by atoms with Gasteiger partial charge in [-0.25, -0.2) is 9.67 Å². The molecule has 0 aliphatic rings. The fourth-order valence-electron chi connectivity index (χ4n) is 1.74. The molecule has 6 nitrogen and oxygen atoms in total. The lowest BCUT2D eigenvalue weighted by atomic mass is 10.3. The minimum Gasteiger partial charge on any atom is -0.271 e. The van der Waals surface area contributed by atoms with Crippen molar-refractivity contribution in [3.63, 3.8) is 0 Å². The molecule has 0 saturated heterocycles. The highest BCUT2D eigenvalue weighted by Crippen LogP contribution is 2.11. The second-order valence-electron chi connectivity index (χ2n) is 3.71. The fourth-order valence-corrected chi connectivity index (χ4v) is 1.99. The van der Waals surface area contributed by atoms with Crippen molar-refractivity contribution in [2.24, 2.45) is 0 Å². The number of nitrogens with zero attached hydrogens (tertiary/aromatic N) is 5. The second-order valence-corrected chi connectivity index (χ2v) is 4.10. The van der Waals surface area contributed by atoms with E-state index in [1.165, 1.54) is 6.33 Å². The summed E-state index contributed by atoms with van der Waals surface area (Å²) in [5, 5.41) is 11.1. The van der Waals surface area contributed by atoms with E-state index in [1.807, 2.05) is 34.9 Å². The van der Waals surface area contributed by atoms with Crippen LogP contribution in [-0.4, -0.2) is 29.5 Å². The Kier molecular flexibility index (Phi) is 2.73. The minimum absolute atomic E-state index is 0.516. The summed E-state index contributed by atoms with van der Waals surface area (Å²) in [5.41, 5.74) is 0.978. The highest BCUT2D eigenvalue weighted by molar-refractivity contribution is 7.71. The monoisotopic (exact) mass is 258 g/mol. The van der Waals surface area contributed by atoms with E-state index in [0.29, 0.717) is 11.3 Å². The molecule has 0 unspecified atom stereocenters. The highest BCUT2D eigenvalue weighted by atomic mass is 32.1. The van der Waals surface area contributed by atoms with Gasteiger partial charge in [0.1, 0.15) is 19.2 Å². The zero-order valence-corrected chi connectivity index (χ0v) is 10.2. The molecule has 3 rings (SSSR count). The van der Waals surface area contributed by atoms with Gasteiger partial charge in [0, 0.05) is 5.69 Å². The van der Waals surface area contributed by atoms with E-state index in [1.54, 1.807) is 11.0 Å². The van der Waals surface area contributed by atoms with E-state index in [-0.39, 0.29) is 0 Å². The van der Waals surface area contributed by atoms with Gasteiger partial charge >= 0.3 is 0 Å². The number of nitrogens with one attached hydrogen (secondary N) is 1. The molecule has 1 aromatic carbocycles. The molecule has 0 fully saturated rings. The lowest BCUT2D eigenvalue weighted by molar-refractivity contribution is 0.642. The Labute approximate surface area is 108 Å². The minimum atomic E-state index is 0.516. The molecular formula is C11H10N6S. The van der Waals surface area contributed by atoms with E-state index in [4.69, 9.17) is 12.2 Å². The maximum atomic E-state index is 5.25. The van der Waals surface area contributed by atoms with Crippen molar-refractivity contribution in [3.8, 4) is 5.69 Å². The number of para-hydroxylation sites is 1. The first kappa shape index (κ1) is 10.8. The predicted molar refractivity (Wildman–Crippen MR) is 67.9 cm³/mol. The van der Waals surface area contributed by atoms with Gasteiger partial charge in [0.15, 0.2) is 10.6 Å². The topological polar surface area (TPSA) is 64.3 Å². The van der Waals surface area contributed by atoms with Gasteiger partial charge in [-0.15, -0.1) is 0 Å². The van der Waals surface area contributed by atoms with Gasteiger partial charge in [-0.3, -0.25) is 9.67 Å². The zero-order chi connectivity index (χ0) is 12.4. The second kappa shape index (κ2) is 4.53. The number of H-pyrrole nitrogens is 1. The molecule has 1 N–H and O–H groups in total. The van der Waals surface area contributed by atoms with Crippen molar-refractivity contribution in [1.29, 1.82) is 0 Å². The van der Waals surface area contributed by atoms with E-state index < -0.39 is 0 Å². The summed E-state index contributed by atoms with van der Waals surface area (Å²) >= 11 is 5.25. The van der Waals surface area contributed by atoms with Crippen LogP contribution < -0.4 is 0 Å². The SMILES string of the molecule is S=c1[nH]nc(Cn2cncn2)n1-c1ccccc1. The van der Waals surface area contributed by atoms with Crippen LogP contribution in [0.3, 0.4) is 0 Å². The number of aromatic amines is 1. The van der Waals surface area contributed by atoms with Crippen LogP contribution in [0.15, 0.2) is 43.0 Å². The third kappa shape index (κ3) is 1.95. The van der Waals surface area contributed by atoms with E-state index >= 15 is 0 Å². The Bertz CT molecular complexity index is 682. The van der Waals surface area contributed by atoms with E-state index in [2.05, 4.69) is 20.3 Å². The first-order chi connectivity index (χ1) is 8.84. The van der Waals surface area contributed by atoms with Crippen LogP contribution in [-0.2, 0) is 6.54 Å². The average molecular weight is 258 g/mol. The van der Waals surface area contributed by atoms with Gasteiger partial charge in [0.25, 0.3) is 0 Å². The van der Waals surface area contributed by atoms with Crippen LogP contribution in [0.1, 0.15) is 5.82 Å². The Balaban J connectivity index is 2.05. The van der Waals surface area contributed by atoms with E-state index in [0.717, 1.165) is 11.5 Å². The molecule has 90 valence electrons. The molecule has 0 atom stereocenters. The third-order valence-corrected chi connectivity index (χ3v) is 2.80. The van der Waals surface area contributed by atoms with Crippen LogP contribution >= 0.6 is 12.2 Å². The summed E-state index contributed by atoms with van der Waals surface area (Å²) in [7, 11) is 0. The van der Waals surface area contributed by atoms with Crippen LogP contribution in [0.25, 0.3) is 5.69 Å². The van der Waals surface area contributed by atoms with Crippen molar-refractivity contribution >= 4 is 12.2 Å². The van der Waals surface area contributed by atoms with Crippen LogP contribution in [0, 0.1) is 4.77 Å². The smallest absolute Gasteiger partial charge is 0.199 e. The molecule has 0 aliphatic carbocycles. The molecular weight excluding hydrogens is 248 g/mol. The number of benzene rings is 1. The molecule has 0 aliphatic heterocycles. The predicted octanol–water partition coefficient (Wildman–Crippen LogP) is 1.57. The van der Waals surface area contributed by atoms with Crippen molar-refractivity contribution in [2.45, 2.75) is 6.54 Å². The Morgan fingerprint density at radius 1 is 1.22 bits per heavy atom. The maximum absolute atomic E-state index is 5.25. The lowest BCUT2D eigenvalue weighted by Gasteiger charge is -2.06. The molecule has 0 amide bonds. The number of aromatic nitrogens is 6. The molecule has 0 radical (unpaired) electrons. The van der Waals surface area contributed by atoms with Crippen molar-refractivity contribution in [1.82, 2.24) is 29.5 Å². The molecule has 0 bridgehead atoms. The van der Waals surface area contributed by atoms with Crippen molar-refractivity contribution < 1.29 is 0 Å². The molecule has 0 saturated carbocycles. The van der Waals surface area contributed by atoms with Crippen LogP contribution in [0.5, 0.6) is 0 Å². The molecule has 7 heteroatoms. The quantitative estimate of drug-likeness (QED) is 0.724. The zero-order valence-electron chi connectivity index (χ0n) is 9.39. The van der Waals surface area contributed by atoms with Crippen molar-refractivity contribution in [2.75, 3.05) is 0 Å². The number of hydrogen-bond donors (Lipinski definition) is 1. The third-order valence-electron chi connectivity index (χ3n) is 2.53. The van der Waals surface area contributed by atoms with Crippen LogP contribution in [0.2, 0.25) is 0 Å². The average Bonchev–Trinajstić information content (AvgIpc) is 3.02. The maximum Gasteiger partial charge on any atom is 0.199 e. The van der Waals surface area contributed by atoms with Gasteiger partial charge < -0.3 is 0 Å². The molecule has 18 heavy (non-hydrogen) atoms. The first-order valence-corrected chi connectivity index (χ1v) is 5.79. The Morgan fingerprint density at radius 3 is 2.78 bits per heavy atom. The molecule has 2 aromatic heterocycles. The fraction of sp³-hybridized carbons (Fsp3) is 0.0909. The van der Waals surface area contributed by atoms with E-state index in [9.17, 15) is 0 Å². The first-order valence-electron chi connectivity index (χ1n) is 5.39. The normalized spacial score (nSPS) is 10.7.